The fourth-order valence-corrected chi connectivity index (χ4v) is 5.01. The molecular weight excluding hydrogens is 298 g/mol. The van der Waals surface area contributed by atoms with E-state index in [0.717, 1.165) is 23.4 Å². The van der Waals surface area contributed by atoms with Crippen LogP contribution in [0.1, 0.15) is 43.9 Å². The molecule has 0 aromatic carbocycles. The molecule has 21 heavy (non-hydrogen) atoms. The molecule has 0 amide bonds. The highest BCUT2D eigenvalue weighted by molar-refractivity contribution is 7.99. The first kappa shape index (κ1) is 15.1. The fraction of sp³-hybridized carbons (Fsp3) is 0.625. The lowest BCUT2D eigenvalue weighted by atomic mass is 9.91. The molecule has 0 saturated heterocycles. The van der Waals surface area contributed by atoms with Crippen LogP contribution in [0.4, 0.5) is 0 Å². The van der Waals surface area contributed by atoms with Crippen LogP contribution in [-0.4, -0.2) is 20.5 Å². The van der Waals surface area contributed by atoms with Crippen LogP contribution in [0.15, 0.2) is 17.3 Å². The molecule has 1 aliphatic rings. The second kappa shape index (κ2) is 6.97. The molecule has 2 aromatic heterocycles. The van der Waals surface area contributed by atoms with Crippen LogP contribution in [0.5, 0.6) is 0 Å². The molecule has 5 heteroatoms. The largest absolute Gasteiger partial charge is 0.302 e. The van der Waals surface area contributed by atoms with Crippen molar-refractivity contribution < 1.29 is 0 Å². The van der Waals surface area contributed by atoms with Crippen molar-refractivity contribution in [3.63, 3.8) is 0 Å². The molecule has 2 aromatic rings. The molecule has 0 unspecified atom stereocenters. The van der Waals surface area contributed by atoms with Gasteiger partial charge in [0.1, 0.15) is 0 Å². The van der Waals surface area contributed by atoms with E-state index in [1.807, 2.05) is 11.8 Å². The van der Waals surface area contributed by atoms with Crippen molar-refractivity contribution in [1.82, 2.24) is 14.8 Å². The van der Waals surface area contributed by atoms with Crippen LogP contribution in [0.3, 0.4) is 0 Å². The number of rotatable bonds is 5. The SMILES string of the molecule is CCn1c(SCC2CCCCC2)nnc1-c1ccc(C)s1. The van der Waals surface area contributed by atoms with Gasteiger partial charge in [0.25, 0.3) is 0 Å². The summed E-state index contributed by atoms with van der Waals surface area (Å²) in [6, 6.07) is 4.31. The summed E-state index contributed by atoms with van der Waals surface area (Å²) in [6.07, 6.45) is 7.03. The van der Waals surface area contributed by atoms with Gasteiger partial charge in [0, 0.05) is 17.2 Å². The zero-order valence-corrected chi connectivity index (χ0v) is 14.5. The van der Waals surface area contributed by atoms with Gasteiger partial charge in [-0.15, -0.1) is 21.5 Å². The van der Waals surface area contributed by atoms with Gasteiger partial charge in [-0.2, -0.15) is 0 Å². The Kier molecular flexibility index (Phi) is 5.01. The molecule has 0 radical (unpaired) electrons. The van der Waals surface area contributed by atoms with E-state index in [0.29, 0.717) is 0 Å². The average Bonchev–Trinajstić information content (AvgIpc) is 3.11. The number of thiophene rings is 1. The Hall–Kier alpha value is -0.810. The lowest BCUT2D eigenvalue weighted by molar-refractivity contribution is 0.390. The second-order valence-corrected chi connectivity index (χ2v) is 8.05. The van der Waals surface area contributed by atoms with Gasteiger partial charge >= 0.3 is 0 Å². The zero-order chi connectivity index (χ0) is 14.7. The van der Waals surface area contributed by atoms with E-state index in [-0.39, 0.29) is 0 Å². The van der Waals surface area contributed by atoms with Crippen LogP contribution in [0, 0.1) is 12.8 Å². The van der Waals surface area contributed by atoms with Crippen LogP contribution >= 0.6 is 23.1 Å². The van der Waals surface area contributed by atoms with E-state index in [9.17, 15) is 0 Å². The average molecular weight is 322 g/mol. The minimum Gasteiger partial charge on any atom is -0.302 e. The van der Waals surface area contributed by atoms with Crippen molar-refractivity contribution in [2.24, 2.45) is 5.92 Å². The summed E-state index contributed by atoms with van der Waals surface area (Å²) in [5.74, 6) is 3.10. The van der Waals surface area contributed by atoms with Gasteiger partial charge in [-0.05, 0) is 44.7 Å². The highest BCUT2D eigenvalue weighted by Gasteiger charge is 2.18. The Morgan fingerprint density at radius 3 is 2.71 bits per heavy atom. The third kappa shape index (κ3) is 3.51. The molecule has 3 rings (SSSR count). The molecule has 0 spiro atoms. The van der Waals surface area contributed by atoms with E-state index in [1.54, 1.807) is 11.3 Å². The summed E-state index contributed by atoms with van der Waals surface area (Å²) >= 11 is 3.69. The van der Waals surface area contributed by atoms with E-state index in [4.69, 9.17) is 0 Å². The third-order valence-electron chi connectivity index (χ3n) is 4.17. The van der Waals surface area contributed by atoms with Gasteiger partial charge in [-0.3, -0.25) is 0 Å². The normalized spacial score (nSPS) is 16.5. The van der Waals surface area contributed by atoms with Crippen molar-refractivity contribution in [3.8, 4) is 10.7 Å². The summed E-state index contributed by atoms with van der Waals surface area (Å²) in [5.41, 5.74) is 0. The maximum absolute atomic E-state index is 4.44. The predicted octanol–water partition coefficient (Wildman–Crippen LogP) is 5.01. The third-order valence-corrected chi connectivity index (χ3v) is 6.36. The molecule has 0 aliphatic heterocycles. The van der Waals surface area contributed by atoms with Crippen molar-refractivity contribution in [1.29, 1.82) is 0 Å². The minimum absolute atomic E-state index is 0.873. The standard InChI is InChI=1S/C16H23N3S2/c1-3-19-15(14-10-9-12(2)21-14)17-18-16(19)20-11-13-7-5-4-6-8-13/h9-10,13H,3-8,11H2,1-2H3. The quantitative estimate of drug-likeness (QED) is 0.725. The summed E-state index contributed by atoms with van der Waals surface area (Å²) in [6.45, 7) is 5.25. The Balaban J connectivity index is 1.72. The summed E-state index contributed by atoms with van der Waals surface area (Å²) < 4.78 is 2.26. The molecule has 1 fully saturated rings. The molecular formula is C16H23N3S2. The lowest BCUT2D eigenvalue weighted by Gasteiger charge is -2.20. The zero-order valence-electron chi connectivity index (χ0n) is 12.8. The Morgan fingerprint density at radius 1 is 1.24 bits per heavy atom. The molecule has 2 heterocycles. The first-order chi connectivity index (χ1) is 10.3. The summed E-state index contributed by atoms with van der Waals surface area (Å²) in [4.78, 5) is 2.55. The lowest BCUT2D eigenvalue weighted by Crippen LogP contribution is -2.09. The number of thioether (sulfide) groups is 1. The second-order valence-electron chi connectivity index (χ2n) is 5.78. The van der Waals surface area contributed by atoms with Crippen LogP contribution in [0.2, 0.25) is 0 Å². The van der Waals surface area contributed by atoms with E-state index in [1.165, 1.54) is 47.6 Å². The van der Waals surface area contributed by atoms with Crippen LogP contribution in [0.25, 0.3) is 10.7 Å². The van der Waals surface area contributed by atoms with Gasteiger partial charge < -0.3 is 4.57 Å². The first-order valence-corrected chi connectivity index (χ1v) is 9.71. The topological polar surface area (TPSA) is 30.7 Å². The molecule has 114 valence electrons. The summed E-state index contributed by atoms with van der Waals surface area (Å²) in [5, 5.41) is 9.96. The van der Waals surface area contributed by atoms with E-state index >= 15 is 0 Å². The van der Waals surface area contributed by atoms with Crippen molar-refractivity contribution >= 4 is 23.1 Å². The van der Waals surface area contributed by atoms with Gasteiger partial charge in [0.15, 0.2) is 11.0 Å². The molecule has 1 saturated carbocycles. The van der Waals surface area contributed by atoms with Gasteiger partial charge in [-0.1, -0.05) is 31.0 Å². The van der Waals surface area contributed by atoms with Crippen molar-refractivity contribution in [3.05, 3.63) is 17.0 Å². The Morgan fingerprint density at radius 2 is 2.05 bits per heavy atom. The molecule has 0 atom stereocenters. The number of hydrogen-bond donors (Lipinski definition) is 0. The number of hydrogen-bond acceptors (Lipinski definition) is 4. The molecule has 1 aliphatic carbocycles. The highest BCUT2D eigenvalue weighted by atomic mass is 32.2. The van der Waals surface area contributed by atoms with Gasteiger partial charge in [-0.25, -0.2) is 0 Å². The fourth-order valence-electron chi connectivity index (χ4n) is 2.96. The summed E-state index contributed by atoms with van der Waals surface area (Å²) in [7, 11) is 0. The monoisotopic (exact) mass is 321 g/mol. The van der Waals surface area contributed by atoms with Gasteiger partial charge in [0.05, 0.1) is 4.88 Å². The first-order valence-electron chi connectivity index (χ1n) is 7.90. The molecule has 0 bridgehead atoms. The maximum atomic E-state index is 4.44. The van der Waals surface area contributed by atoms with Crippen LogP contribution in [-0.2, 0) is 6.54 Å². The minimum atomic E-state index is 0.873. The van der Waals surface area contributed by atoms with Crippen molar-refractivity contribution in [2.75, 3.05) is 5.75 Å². The number of aromatic nitrogens is 3. The smallest absolute Gasteiger partial charge is 0.191 e. The van der Waals surface area contributed by atoms with Crippen LogP contribution < -0.4 is 0 Å². The Bertz CT molecular complexity index is 582. The predicted molar refractivity (Wildman–Crippen MR) is 91.0 cm³/mol. The van der Waals surface area contributed by atoms with E-state index < -0.39 is 0 Å². The molecule has 0 N–H and O–H groups in total. The molecule has 3 nitrogen and oxygen atoms in total. The van der Waals surface area contributed by atoms with Crippen molar-refractivity contribution in [2.45, 2.75) is 57.7 Å². The highest BCUT2D eigenvalue weighted by Crippen LogP contribution is 2.32. The van der Waals surface area contributed by atoms with E-state index in [2.05, 4.69) is 40.7 Å². The Labute approximate surface area is 135 Å². The number of nitrogens with zero attached hydrogens (tertiary/aromatic N) is 3. The number of aryl methyl sites for hydroxylation is 1. The maximum Gasteiger partial charge on any atom is 0.191 e. The van der Waals surface area contributed by atoms with Gasteiger partial charge in [0.2, 0.25) is 0 Å².